The molecular formula is C9H15ClINO. The minimum absolute atomic E-state index is 0.0722. The molecular weight excluding hydrogens is 300 g/mol. The molecule has 1 unspecified atom stereocenters. The summed E-state index contributed by atoms with van der Waals surface area (Å²) < 4.78 is -0.360. The van der Waals surface area contributed by atoms with Crippen LogP contribution in [0.15, 0.2) is 0 Å². The second-order valence-electron chi connectivity index (χ2n) is 4.22. The van der Waals surface area contributed by atoms with E-state index in [2.05, 4.69) is 41.8 Å². The first-order valence-corrected chi connectivity index (χ1v) is 5.95. The fraction of sp³-hybridized carbons (Fsp3) is 0.889. The zero-order chi connectivity index (χ0) is 10.1. The fourth-order valence-electron chi connectivity index (χ4n) is 1.41. The molecule has 0 saturated carbocycles. The number of carbonyl (C=O) groups is 1. The van der Waals surface area contributed by atoms with Crippen LogP contribution in [-0.4, -0.2) is 15.3 Å². The Morgan fingerprint density at radius 1 is 1.54 bits per heavy atom. The maximum Gasteiger partial charge on any atom is 0.220 e. The third kappa shape index (κ3) is 2.72. The number of amides is 1. The summed E-state index contributed by atoms with van der Waals surface area (Å²) in [5, 5.41) is 2.85. The van der Waals surface area contributed by atoms with Crippen molar-refractivity contribution < 1.29 is 4.79 Å². The van der Waals surface area contributed by atoms with Crippen LogP contribution < -0.4 is 5.32 Å². The number of nitrogens with one attached hydrogen (secondary N) is 1. The monoisotopic (exact) mass is 315 g/mol. The van der Waals surface area contributed by atoms with Gasteiger partial charge in [0.1, 0.15) is 2.88 Å². The third-order valence-corrected chi connectivity index (χ3v) is 5.19. The van der Waals surface area contributed by atoms with Crippen molar-refractivity contribution in [3.05, 3.63) is 0 Å². The highest BCUT2D eigenvalue weighted by atomic mass is 127. The van der Waals surface area contributed by atoms with Gasteiger partial charge in [-0.2, -0.15) is 0 Å². The number of hydrogen-bond donors (Lipinski definition) is 1. The molecule has 0 radical (unpaired) electrons. The van der Waals surface area contributed by atoms with E-state index in [9.17, 15) is 4.79 Å². The topological polar surface area (TPSA) is 29.1 Å². The van der Waals surface area contributed by atoms with Gasteiger partial charge in [-0.1, -0.05) is 36.4 Å². The highest BCUT2D eigenvalue weighted by molar-refractivity contribution is 14.1. The highest BCUT2D eigenvalue weighted by Gasteiger charge is 2.42. The van der Waals surface area contributed by atoms with Crippen LogP contribution in [0.1, 0.15) is 33.1 Å². The van der Waals surface area contributed by atoms with Crippen molar-refractivity contribution in [1.82, 2.24) is 5.32 Å². The van der Waals surface area contributed by atoms with Crippen molar-refractivity contribution in [2.75, 3.05) is 6.54 Å². The van der Waals surface area contributed by atoms with E-state index in [0.717, 1.165) is 12.8 Å². The maximum absolute atomic E-state index is 11.2. The predicted molar refractivity (Wildman–Crippen MR) is 63.2 cm³/mol. The Labute approximate surface area is 97.9 Å². The van der Waals surface area contributed by atoms with Crippen LogP contribution in [0, 0.1) is 5.41 Å². The predicted octanol–water partition coefficient (Wildman–Crippen LogP) is 2.68. The largest absolute Gasteiger partial charge is 0.354 e. The average Bonchev–Trinajstić information content (AvgIpc) is 1.99. The summed E-state index contributed by atoms with van der Waals surface area (Å²) >= 11 is 8.61. The van der Waals surface area contributed by atoms with Crippen LogP contribution in [0.4, 0.5) is 0 Å². The second-order valence-corrected chi connectivity index (χ2v) is 7.34. The molecule has 0 aliphatic carbocycles. The smallest absolute Gasteiger partial charge is 0.220 e. The van der Waals surface area contributed by atoms with Gasteiger partial charge in [0, 0.05) is 13.0 Å². The molecule has 1 N–H and O–H groups in total. The molecule has 0 aromatic rings. The molecule has 2 nitrogen and oxygen atoms in total. The van der Waals surface area contributed by atoms with Crippen molar-refractivity contribution in [2.24, 2.45) is 5.41 Å². The number of rotatable bonds is 0. The van der Waals surface area contributed by atoms with E-state index in [1.54, 1.807) is 0 Å². The molecule has 1 amide bonds. The fourth-order valence-corrected chi connectivity index (χ4v) is 2.03. The maximum atomic E-state index is 11.2. The molecule has 1 heterocycles. The normalized spacial score (nSPS) is 34.6. The molecule has 1 fully saturated rings. The first kappa shape index (κ1) is 11.6. The summed E-state index contributed by atoms with van der Waals surface area (Å²) in [4.78, 5) is 11.2. The van der Waals surface area contributed by atoms with Gasteiger partial charge in [-0.15, -0.1) is 11.6 Å². The van der Waals surface area contributed by atoms with Gasteiger partial charge in [0.15, 0.2) is 0 Å². The Balaban J connectivity index is 2.74. The third-order valence-electron chi connectivity index (χ3n) is 2.70. The van der Waals surface area contributed by atoms with E-state index in [1.165, 1.54) is 0 Å². The van der Waals surface area contributed by atoms with Crippen LogP contribution >= 0.6 is 34.2 Å². The van der Waals surface area contributed by atoms with E-state index < -0.39 is 0 Å². The Morgan fingerprint density at radius 2 is 2.15 bits per heavy atom. The van der Waals surface area contributed by atoms with Crippen molar-refractivity contribution in [2.45, 2.75) is 36.0 Å². The van der Waals surface area contributed by atoms with Crippen LogP contribution in [0.5, 0.6) is 0 Å². The Kier molecular flexibility index (Phi) is 3.49. The molecule has 4 heteroatoms. The lowest BCUT2D eigenvalue weighted by Crippen LogP contribution is -2.46. The molecule has 1 atom stereocenters. The Hall–Kier alpha value is 0.490. The summed E-state index contributed by atoms with van der Waals surface area (Å²) in [7, 11) is 0. The number of alkyl halides is 2. The van der Waals surface area contributed by atoms with Gasteiger partial charge in [-0.05, 0) is 18.3 Å². The van der Waals surface area contributed by atoms with Crippen LogP contribution in [-0.2, 0) is 4.79 Å². The standard InChI is InChI=1S/C9H15ClINO/c1-8(2)5-3-4-7(13)12-6-9(8,10)11/h3-6H2,1-2H3,(H,12,13). The lowest BCUT2D eigenvalue weighted by Gasteiger charge is -2.39. The summed E-state index contributed by atoms with van der Waals surface area (Å²) in [6.45, 7) is 4.87. The Bertz CT molecular complexity index is 216. The zero-order valence-electron chi connectivity index (χ0n) is 7.99. The van der Waals surface area contributed by atoms with E-state index >= 15 is 0 Å². The summed E-state index contributed by atoms with van der Waals surface area (Å²) in [6, 6.07) is 0. The van der Waals surface area contributed by atoms with Crippen molar-refractivity contribution in [3.63, 3.8) is 0 Å². The molecule has 0 aromatic carbocycles. The minimum Gasteiger partial charge on any atom is -0.354 e. The van der Waals surface area contributed by atoms with Crippen LogP contribution in [0.25, 0.3) is 0 Å². The molecule has 76 valence electrons. The van der Waals surface area contributed by atoms with E-state index in [0.29, 0.717) is 13.0 Å². The lowest BCUT2D eigenvalue weighted by atomic mass is 9.82. The SMILES string of the molecule is CC1(C)CCCC(=O)NCC1(Cl)I. The van der Waals surface area contributed by atoms with Crippen molar-refractivity contribution in [3.8, 4) is 0 Å². The second kappa shape index (κ2) is 3.93. The van der Waals surface area contributed by atoms with Gasteiger partial charge < -0.3 is 5.32 Å². The number of halogens is 2. The van der Waals surface area contributed by atoms with Gasteiger partial charge in [0.25, 0.3) is 0 Å². The number of hydrogen-bond acceptors (Lipinski definition) is 1. The van der Waals surface area contributed by atoms with Gasteiger partial charge in [-0.3, -0.25) is 4.79 Å². The quantitative estimate of drug-likeness (QED) is 0.540. The molecule has 1 saturated heterocycles. The van der Waals surface area contributed by atoms with Crippen molar-refractivity contribution in [1.29, 1.82) is 0 Å². The number of carbonyl (C=O) groups excluding carboxylic acids is 1. The molecule has 1 aliphatic heterocycles. The first-order chi connectivity index (χ1) is 5.85. The van der Waals surface area contributed by atoms with Gasteiger partial charge >= 0.3 is 0 Å². The van der Waals surface area contributed by atoms with Gasteiger partial charge in [-0.25, -0.2) is 0 Å². The van der Waals surface area contributed by atoms with Crippen LogP contribution in [0.3, 0.4) is 0 Å². The highest BCUT2D eigenvalue weighted by Crippen LogP contribution is 2.46. The average molecular weight is 316 g/mol. The van der Waals surface area contributed by atoms with Crippen molar-refractivity contribution >= 4 is 40.1 Å². The molecule has 1 aliphatic rings. The summed E-state index contributed by atoms with van der Waals surface area (Å²) in [6.07, 6.45) is 2.57. The van der Waals surface area contributed by atoms with Gasteiger partial charge in [0.2, 0.25) is 5.91 Å². The van der Waals surface area contributed by atoms with E-state index in [-0.39, 0.29) is 14.2 Å². The van der Waals surface area contributed by atoms with Crippen LogP contribution in [0.2, 0.25) is 0 Å². The lowest BCUT2D eigenvalue weighted by molar-refractivity contribution is -0.121. The summed E-state index contributed by atoms with van der Waals surface area (Å²) in [5.74, 6) is 0.122. The Morgan fingerprint density at radius 3 is 2.77 bits per heavy atom. The molecule has 13 heavy (non-hydrogen) atoms. The molecule has 0 aromatic heterocycles. The zero-order valence-corrected chi connectivity index (χ0v) is 10.9. The van der Waals surface area contributed by atoms with E-state index in [4.69, 9.17) is 11.6 Å². The minimum atomic E-state index is -0.360. The molecule has 0 bridgehead atoms. The van der Waals surface area contributed by atoms with Gasteiger partial charge in [0.05, 0.1) is 0 Å². The molecule has 0 spiro atoms. The summed E-state index contributed by atoms with van der Waals surface area (Å²) in [5.41, 5.74) is 0.0722. The van der Waals surface area contributed by atoms with E-state index in [1.807, 2.05) is 0 Å². The molecule has 1 rings (SSSR count). The first-order valence-electron chi connectivity index (χ1n) is 4.50.